The highest BCUT2D eigenvalue weighted by Gasteiger charge is 2.11. The number of hydrogen-bond donors (Lipinski definition) is 3. The first kappa shape index (κ1) is 14.9. The molecule has 0 aliphatic carbocycles. The summed E-state index contributed by atoms with van der Waals surface area (Å²) in [6, 6.07) is 5.63. The number of hydrogen-bond acceptors (Lipinski definition) is 6. The Bertz CT molecular complexity index is 759. The van der Waals surface area contributed by atoms with Gasteiger partial charge < -0.3 is 10.6 Å². The van der Waals surface area contributed by atoms with Crippen molar-refractivity contribution in [1.82, 2.24) is 9.97 Å². The molecule has 9 heteroatoms. The lowest BCUT2D eigenvalue weighted by atomic mass is 10.3. The minimum atomic E-state index is -3.82. The fourth-order valence-electron chi connectivity index (χ4n) is 1.52. The Morgan fingerprint density at radius 3 is 2.57 bits per heavy atom. The predicted molar refractivity (Wildman–Crippen MR) is 77.3 cm³/mol. The molecule has 1 amide bonds. The third-order valence-corrected chi connectivity index (χ3v) is 3.47. The molecule has 0 spiro atoms. The van der Waals surface area contributed by atoms with Crippen LogP contribution in [-0.2, 0) is 10.0 Å². The number of amides is 1. The van der Waals surface area contributed by atoms with Crippen molar-refractivity contribution < 1.29 is 13.2 Å². The van der Waals surface area contributed by atoms with Crippen molar-refractivity contribution in [3.05, 3.63) is 42.4 Å². The Morgan fingerprint density at radius 2 is 2.00 bits per heavy atom. The second-order valence-electron chi connectivity index (χ2n) is 4.06. The smallest absolute Gasteiger partial charge is 0.275 e. The van der Waals surface area contributed by atoms with Crippen LogP contribution in [0.25, 0.3) is 0 Å². The second-order valence-corrected chi connectivity index (χ2v) is 5.63. The molecule has 1 heterocycles. The van der Waals surface area contributed by atoms with Gasteiger partial charge in [-0.05, 0) is 18.2 Å². The summed E-state index contributed by atoms with van der Waals surface area (Å²) in [5.41, 5.74) is 0.404. The molecule has 4 N–H and O–H groups in total. The summed E-state index contributed by atoms with van der Waals surface area (Å²) in [5.74, 6) is 0.0273. The maximum absolute atomic E-state index is 12.0. The zero-order valence-electron chi connectivity index (χ0n) is 11.1. The van der Waals surface area contributed by atoms with Crippen LogP contribution in [0.4, 0.5) is 11.5 Å². The van der Waals surface area contributed by atoms with Crippen LogP contribution in [0.1, 0.15) is 10.5 Å². The molecular weight excluding hydrogens is 294 g/mol. The van der Waals surface area contributed by atoms with Crippen LogP contribution in [0.2, 0.25) is 0 Å². The van der Waals surface area contributed by atoms with Crippen molar-refractivity contribution in [2.45, 2.75) is 4.90 Å². The van der Waals surface area contributed by atoms with E-state index in [0.717, 1.165) is 0 Å². The average Bonchev–Trinajstić information content (AvgIpc) is 2.47. The molecule has 0 saturated heterocycles. The van der Waals surface area contributed by atoms with E-state index in [2.05, 4.69) is 20.6 Å². The minimum Gasteiger partial charge on any atom is -0.372 e. The van der Waals surface area contributed by atoms with Crippen LogP contribution < -0.4 is 15.8 Å². The Kier molecular flexibility index (Phi) is 4.15. The minimum absolute atomic E-state index is 0.0862. The van der Waals surface area contributed by atoms with Gasteiger partial charge in [-0.15, -0.1) is 0 Å². The fourth-order valence-corrected chi connectivity index (χ4v) is 2.08. The third kappa shape index (κ3) is 3.74. The number of nitrogens with zero attached hydrogens (tertiary/aromatic N) is 2. The molecule has 21 heavy (non-hydrogen) atoms. The average molecular weight is 307 g/mol. The largest absolute Gasteiger partial charge is 0.372 e. The van der Waals surface area contributed by atoms with E-state index in [-0.39, 0.29) is 10.6 Å². The van der Waals surface area contributed by atoms with Gasteiger partial charge in [-0.1, -0.05) is 6.07 Å². The number of sulfonamides is 1. The summed E-state index contributed by atoms with van der Waals surface area (Å²) in [5, 5.41) is 10.3. The molecule has 0 saturated carbocycles. The maximum atomic E-state index is 12.0. The van der Waals surface area contributed by atoms with Crippen LogP contribution in [0, 0.1) is 0 Å². The molecule has 2 rings (SSSR count). The molecule has 0 unspecified atom stereocenters. The van der Waals surface area contributed by atoms with Crippen molar-refractivity contribution in [1.29, 1.82) is 0 Å². The zero-order chi connectivity index (χ0) is 15.5. The van der Waals surface area contributed by atoms with Gasteiger partial charge in [0.2, 0.25) is 10.0 Å². The Morgan fingerprint density at radius 1 is 1.24 bits per heavy atom. The molecule has 0 aliphatic heterocycles. The monoisotopic (exact) mass is 307 g/mol. The summed E-state index contributed by atoms with van der Waals surface area (Å²) < 4.78 is 22.5. The Labute approximate surface area is 121 Å². The van der Waals surface area contributed by atoms with E-state index in [9.17, 15) is 13.2 Å². The van der Waals surface area contributed by atoms with E-state index in [1.807, 2.05) is 0 Å². The van der Waals surface area contributed by atoms with Gasteiger partial charge in [0.25, 0.3) is 5.91 Å². The van der Waals surface area contributed by atoms with E-state index in [4.69, 9.17) is 5.14 Å². The van der Waals surface area contributed by atoms with E-state index in [1.54, 1.807) is 13.1 Å². The summed E-state index contributed by atoms with van der Waals surface area (Å²) >= 11 is 0. The van der Waals surface area contributed by atoms with Crippen molar-refractivity contribution in [2.24, 2.45) is 5.14 Å². The lowest BCUT2D eigenvalue weighted by molar-refractivity contribution is 0.102. The normalized spacial score (nSPS) is 11.0. The van der Waals surface area contributed by atoms with Crippen LogP contribution >= 0.6 is 0 Å². The van der Waals surface area contributed by atoms with Gasteiger partial charge in [0.1, 0.15) is 11.5 Å². The molecule has 0 radical (unpaired) electrons. The molecule has 8 nitrogen and oxygen atoms in total. The number of nitrogens with two attached hydrogens (primary N) is 1. The molecule has 2 aromatic rings. The maximum Gasteiger partial charge on any atom is 0.275 e. The summed E-state index contributed by atoms with van der Waals surface area (Å²) in [7, 11) is -2.14. The number of primary sulfonamides is 1. The molecule has 0 fully saturated rings. The number of anilines is 2. The first-order valence-corrected chi connectivity index (χ1v) is 7.39. The van der Waals surface area contributed by atoms with Gasteiger partial charge in [-0.25, -0.2) is 23.5 Å². The highest BCUT2D eigenvalue weighted by molar-refractivity contribution is 7.89. The molecule has 1 aromatic carbocycles. The van der Waals surface area contributed by atoms with Gasteiger partial charge in [-0.3, -0.25) is 4.79 Å². The van der Waals surface area contributed by atoms with Crippen LogP contribution in [0.5, 0.6) is 0 Å². The summed E-state index contributed by atoms with van der Waals surface area (Å²) in [6.07, 6.45) is 2.72. The van der Waals surface area contributed by atoms with Crippen molar-refractivity contribution in [3.8, 4) is 0 Å². The van der Waals surface area contributed by atoms with Crippen molar-refractivity contribution in [3.63, 3.8) is 0 Å². The molecular formula is C12H13N5O3S. The highest BCUT2D eigenvalue weighted by Crippen LogP contribution is 2.14. The third-order valence-electron chi connectivity index (χ3n) is 2.56. The zero-order valence-corrected chi connectivity index (χ0v) is 11.9. The summed E-state index contributed by atoms with van der Waals surface area (Å²) in [4.78, 5) is 19.8. The molecule has 110 valence electrons. The topological polar surface area (TPSA) is 127 Å². The van der Waals surface area contributed by atoms with Gasteiger partial charge in [0, 0.05) is 12.7 Å². The number of rotatable bonds is 4. The Hall–Kier alpha value is -2.52. The van der Waals surface area contributed by atoms with Crippen LogP contribution in [-0.4, -0.2) is 31.3 Å². The standard InChI is InChI=1S/C12H13N5O3S/c1-14-11-7-15-10(6-16-11)12(18)17-8-3-2-4-9(5-8)21(13,19)20/h2-7H,1H3,(H,14,16)(H,17,18)(H2,13,19,20). The highest BCUT2D eigenvalue weighted by atomic mass is 32.2. The first-order valence-electron chi connectivity index (χ1n) is 5.84. The lowest BCUT2D eigenvalue weighted by Crippen LogP contribution is -2.16. The fraction of sp³-hybridized carbons (Fsp3) is 0.0833. The number of carbonyl (C=O) groups excluding carboxylic acids is 1. The van der Waals surface area contributed by atoms with Crippen molar-refractivity contribution >= 4 is 27.4 Å². The summed E-state index contributed by atoms with van der Waals surface area (Å²) in [6.45, 7) is 0. The molecule has 0 atom stereocenters. The van der Waals surface area contributed by atoms with Gasteiger partial charge in [-0.2, -0.15) is 0 Å². The van der Waals surface area contributed by atoms with Gasteiger partial charge >= 0.3 is 0 Å². The van der Waals surface area contributed by atoms with E-state index < -0.39 is 15.9 Å². The van der Waals surface area contributed by atoms with Gasteiger partial charge in [0.15, 0.2) is 0 Å². The second kappa shape index (κ2) is 5.85. The molecule has 1 aromatic heterocycles. The van der Waals surface area contributed by atoms with Gasteiger partial charge in [0.05, 0.1) is 17.3 Å². The molecule has 0 bridgehead atoms. The number of carbonyl (C=O) groups is 1. The number of nitrogens with one attached hydrogen (secondary N) is 2. The quantitative estimate of drug-likeness (QED) is 0.751. The van der Waals surface area contributed by atoms with Crippen molar-refractivity contribution in [2.75, 3.05) is 17.7 Å². The number of benzene rings is 1. The van der Waals surface area contributed by atoms with E-state index in [1.165, 1.54) is 30.6 Å². The SMILES string of the molecule is CNc1cnc(C(=O)Nc2cccc(S(N)(=O)=O)c2)cn1. The van der Waals surface area contributed by atoms with Crippen LogP contribution in [0.15, 0.2) is 41.6 Å². The first-order chi connectivity index (χ1) is 9.90. The molecule has 0 aliphatic rings. The van der Waals surface area contributed by atoms with Crippen LogP contribution in [0.3, 0.4) is 0 Å². The number of aromatic nitrogens is 2. The van der Waals surface area contributed by atoms with E-state index in [0.29, 0.717) is 11.5 Å². The lowest BCUT2D eigenvalue weighted by Gasteiger charge is -2.06. The van der Waals surface area contributed by atoms with E-state index >= 15 is 0 Å². The Balaban J connectivity index is 2.19. The predicted octanol–water partition coefficient (Wildman–Crippen LogP) is 0.418.